The highest BCUT2D eigenvalue weighted by Gasteiger charge is 2.28. The van der Waals surface area contributed by atoms with Crippen molar-refractivity contribution in [3.05, 3.63) is 29.8 Å². The van der Waals surface area contributed by atoms with Crippen LogP contribution in [0.2, 0.25) is 0 Å². The lowest BCUT2D eigenvalue weighted by atomic mass is 9.95. The molecule has 0 spiro atoms. The van der Waals surface area contributed by atoms with Gasteiger partial charge in [0.05, 0.1) is 0 Å². The lowest BCUT2D eigenvalue weighted by molar-refractivity contribution is -0.126. The molecule has 0 radical (unpaired) electrons. The molecule has 1 aromatic rings. The Hall–Kier alpha value is -2.37. The number of amides is 3. The summed E-state index contributed by atoms with van der Waals surface area (Å²) in [4.78, 5) is 38.8. The van der Waals surface area contributed by atoms with Crippen molar-refractivity contribution >= 4 is 23.4 Å². The first-order valence-electron chi connectivity index (χ1n) is 9.71. The smallest absolute Gasteiger partial charge is 0.253 e. The van der Waals surface area contributed by atoms with Crippen molar-refractivity contribution in [1.29, 1.82) is 0 Å². The van der Waals surface area contributed by atoms with E-state index in [9.17, 15) is 14.4 Å². The molecule has 1 fully saturated rings. The summed E-state index contributed by atoms with van der Waals surface area (Å²) in [6.45, 7) is 9.41. The molecule has 0 unspecified atom stereocenters. The Morgan fingerprint density at radius 2 is 1.81 bits per heavy atom. The minimum absolute atomic E-state index is 0.0157. The van der Waals surface area contributed by atoms with Gasteiger partial charge in [0.2, 0.25) is 11.8 Å². The van der Waals surface area contributed by atoms with Crippen molar-refractivity contribution in [1.82, 2.24) is 10.2 Å². The van der Waals surface area contributed by atoms with E-state index in [2.05, 4.69) is 10.6 Å². The normalized spacial score (nSPS) is 15.3. The molecule has 2 N–H and O–H groups in total. The molecular weight excluding hydrogens is 342 g/mol. The van der Waals surface area contributed by atoms with Crippen LogP contribution >= 0.6 is 0 Å². The fourth-order valence-corrected chi connectivity index (χ4v) is 2.97. The van der Waals surface area contributed by atoms with Crippen LogP contribution in [0.5, 0.6) is 0 Å². The number of nitrogens with one attached hydrogen (secondary N) is 2. The van der Waals surface area contributed by atoms with Gasteiger partial charge in [-0.2, -0.15) is 0 Å². The minimum atomic E-state index is -0.500. The SMILES string of the molecule is CCCNC(=O)C1CCN(C(=O)c2cccc(NC(=O)C(C)(C)C)c2)CC1. The van der Waals surface area contributed by atoms with Gasteiger partial charge in [-0.15, -0.1) is 0 Å². The monoisotopic (exact) mass is 373 g/mol. The van der Waals surface area contributed by atoms with Gasteiger partial charge in [0.25, 0.3) is 5.91 Å². The maximum Gasteiger partial charge on any atom is 0.253 e. The third-order valence-corrected chi connectivity index (χ3v) is 4.75. The number of carbonyl (C=O) groups is 3. The lowest BCUT2D eigenvalue weighted by Gasteiger charge is -2.31. The number of carbonyl (C=O) groups excluding carboxylic acids is 3. The zero-order chi connectivity index (χ0) is 20.0. The van der Waals surface area contributed by atoms with Crippen molar-refractivity contribution in [2.24, 2.45) is 11.3 Å². The molecule has 1 aromatic carbocycles. The summed E-state index contributed by atoms with van der Waals surface area (Å²) in [6, 6.07) is 7.03. The minimum Gasteiger partial charge on any atom is -0.356 e. The van der Waals surface area contributed by atoms with Crippen molar-refractivity contribution in [2.45, 2.75) is 47.0 Å². The standard InChI is InChI=1S/C21H31N3O3/c1-5-11-22-18(25)15-9-12-24(13-10-15)19(26)16-7-6-8-17(14-16)23-20(27)21(2,3)4/h6-8,14-15H,5,9-13H2,1-4H3,(H,22,25)(H,23,27). The number of nitrogens with zero attached hydrogens (tertiary/aromatic N) is 1. The second-order valence-corrected chi connectivity index (χ2v) is 8.14. The number of hydrogen-bond acceptors (Lipinski definition) is 3. The zero-order valence-corrected chi connectivity index (χ0v) is 16.8. The Morgan fingerprint density at radius 3 is 2.41 bits per heavy atom. The average molecular weight is 373 g/mol. The highest BCUT2D eigenvalue weighted by molar-refractivity contribution is 5.98. The highest BCUT2D eigenvalue weighted by Crippen LogP contribution is 2.22. The van der Waals surface area contributed by atoms with Crippen LogP contribution in [0.15, 0.2) is 24.3 Å². The molecular formula is C21H31N3O3. The van der Waals surface area contributed by atoms with Gasteiger partial charge in [-0.25, -0.2) is 0 Å². The van der Waals surface area contributed by atoms with Gasteiger partial charge < -0.3 is 15.5 Å². The van der Waals surface area contributed by atoms with Gasteiger partial charge in [0, 0.05) is 42.2 Å². The van der Waals surface area contributed by atoms with E-state index in [0.717, 1.165) is 6.42 Å². The van der Waals surface area contributed by atoms with E-state index in [1.807, 2.05) is 27.7 Å². The largest absolute Gasteiger partial charge is 0.356 e. The molecule has 1 heterocycles. The molecule has 6 heteroatoms. The van der Waals surface area contributed by atoms with Gasteiger partial charge in [-0.1, -0.05) is 33.8 Å². The molecule has 27 heavy (non-hydrogen) atoms. The van der Waals surface area contributed by atoms with Crippen molar-refractivity contribution in [3.63, 3.8) is 0 Å². The van der Waals surface area contributed by atoms with Crippen LogP contribution in [0.25, 0.3) is 0 Å². The predicted molar refractivity (Wildman–Crippen MR) is 106 cm³/mol. The molecule has 0 saturated carbocycles. The summed E-state index contributed by atoms with van der Waals surface area (Å²) in [7, 11) is 0. The van der Waals surface area contributed by atoms with Crippen LogP contribution in [0.1, 0.15) is 57.3 Å². The Balaban J connectivity index is 1.96. The quantitative estimate of drug-likeness (QED) is 0.833. The van der Waals surface area contributed by atoms with Crippen molar-refractivity contribution in [3.8, 4) is 0 Å². The van der Waals surface area contributed by atoms with E-state index in [4.69, 9.17) is 0 Å². The number of benzene rings is 1. The Kier molecular flexibility index (Phi) is 6.99. The summed E-state index contributed by atoms with van der Waals surface area (Å²) in [6.07, 6.45) is 2.29. The van der Waals surface area contributed by atoms with E-state index in [1.54, 1.807) is 29.2 Å². The second-order valence-electron chi connectivity index (χ2n) is 8.14. The Labute approximate surface area is 161 Å². The maximum absolute atomic E-state index is 12.8. The average Bonchev–Trinajstić information content (AvgIpc) is 2.65. The second kappa shape index (κ2) is 9.02. The van der Waals surface area contributed by atoms with E-state index in [1.165, 1.54) is 0 Å². The first-order valence-corrected chi connectivity index (χ1v) is 9.71. The van der Waals surface area contributed by atoms with Gasteiger partial charge >= 0.3 is 0 Å². The molecule has 3 amide bonds. The first kappa shape index (κ1) is 20.9. The number of rotatable bonds is 5. The van der Waals surface area contributed by atoms with E-state index in [0.29, 0.717) is 43.7 Å². The number of hydrogen-bond donors (Lipinski definition) is 2. The van der Waals surface area contributed by atoms with Crippen LogP contribution in [0.3, 0.4) is 0 Å². The molecule has 0 aromatic heterocycles. The maximum atomic E-state index is 12.8. The fourth-order valence-electron chi connectivity index (χ4n) is 2.97. The van der Waals surface area contributed by atoms with E-state index >= 15 is 0 Å². The van der Waals surface area contributed by atoms with Crippen LogP contribution < -0.4 is 10.6 Å². The van der Waals surface area contributed by atoms with Crippen LogP contribution in [0.4, 0.5) is 5.69 Å². The molecule has 1 aliphatic heterocycles. The van der Waals surface area contributed by atoms with Crippen molar-refractivity contribution < 1.29 is 14.4 Å². The third-order valence-electron chi connectivity index (χ3n) is 4.75. The number of anilines is 1. The lowest BCUT2D eigenvalue weighted by Crippen LogP contribution is -2.43. The van der Waals surface area contributed by atoms with Gasteiger partial charge in [-0.3, -0.25) is 14.4 Å². The molecule has 0 bridgehead atoms. The van der Waals surface area contributed by atoms with E-state index in [-0.39, 0.29) is 23.6 Å². The number of piperidine rings is 1. The van der Waals surface area contributed by atoms with Crippen LogP contribution in [-0.4, -0.2) is 42.3 Å². The van der Waals surface area contributed by atoms with Gasteiger partial charge in [-0.05, 0) is 37.5 Å². The summed E-state index contributed by atoms with van der Waals surface area (Å²) >= 11 is 0. The molecule has 0 aliphatic carbocycles. The predicted octanol–water partition coefficient (Wildman–Crippen LogP) is 3.05. The molecule has 148 valence electrons. The van der Waals surface area contributed by atoms with Crippen LogP contribution in [-0.2, 0) is 9.59 Å². The summed E-state index contributed by atoms with van der Waals surface area (Å²) in [5.41, 5.74) is 0.672. The fraction of sp³-hybridized carbons (Fsp3) is 0.571. The first-order chi connectivity index (χ1) is 12.7. The third kappa shape index (κ3) is 5.81. The molecule has 1 aliphatic rings. The molecule has 0 atom stereocenters. The van der Waals surface area contributed by atoms with E-state index < -0.39 is 5.41 Å². The van der Waals surface area contributed by atoms with Crippen LogP contribution in [0, 0.1) is 11.3 Å². The molecule has 2 rings (SSSR count). The zero-order valence-electron chi connectivity index (χ0n) is 16.8. The Morgan fingerprint density at radius 1 is 1.15 bits per heavy atom. The number of likely N-dealkylation sites (tertiary alicyclic amines) is 1. The summed E-state index contributed by atoms with van der Waals surface area (Å²) < 4.78 is 0. The molecule has 6 nitrogen and oxygen atoms in total. The van der Waals surface area contributed by atoms with Gasteiger partial charge in [0.15, 0.2) is 0 Å². The Bertz CT molecular complexity index is 686. The van der Waals surface area contributed by atoms with Crippen molar-refractivity contribution in [2.75, 3.05) is 25.0 Å². The molecule has 1 saturated heterocycles. The topological polar surface area (TPSA) is 78.5 Å². The highest BCUT2D eigenvalue weighted by atomic mass is 16.2. The summed E-state index contributed by atoms with van der Waals surface area (Å²) in [5.74, 6) is -0.0749. The summed E-state index contributed by atoms with van der Waals surface area (Å²) in [5, 5.41) is 5.79. The van der Waals surface area contributed by atoms with Gasteiger partial charge in [0.1, 0.15) is 0 Å².